The van der Waals surface area contributed by atoms with Crippen molar-refractivity contribution in [2.24, 2.45) is 0 Å². The van der Waals surface area contributed by atoms with Gasteiger partial charge in [0.1, 0.15) is 6.26 Å². The molecule has 23 heavy (non-hydrogen) atoms. The van der Waals surface area contributed by atoms with E-state index in [1.54, 1.807) is 0 Å². The van der Waals surface area contributed by atoms with Crippen LogP contribution in [0.3, 0.4) is 0 Å². The van der Waals surface area contributed by atoms with Gasteiger partial charge in [0, 0.05) is 20.9 Å². The second-order valence-electron chi connectivity index (χ2n) is 4.40. The highest BCUT2D eigenvalue weighted by Gasteiger charge is 2.20. The van der Waals surface area contributed by atoms with Crippen molar-refractivity contribution in [1.29, 1.82) is 0 Å². The molecule has 0 radical (unpaired) electrons. The molecule has 0 aliphatic carbocycles. The summed E-state index contributed by atoms with van der Waals surface area (Å²) in [4.78, 5) is 13.4. The van der Waals surface area contributed by atoms with E-state index in [0.29, 0.717) is 5.75 Å². The molecule has 0 aliphatic heterocycles. The van der Waals surface area contributed by atoms with Crippen molar-refractivity contribution < 1.29 is 33.7 Å². The summed E-state index contributed by atoms with van der Waals surface area (Å²) in [5.74, 6) is 0.781. The first-order valence-electron chi connectivity index (χ1n) is 6.25. The van der Waals surface area contributed by atoms with Crippen molar-refractivity contribution >= 4 is 32.6 Å². The first-order valence-corrected chi connectivity index (χ1v) is 10.1. The molecular formula is C15H14BrClO5S. The van der Waals surface area contributed by atoms with Gasteiger partial charge in [-0.25, -0.2) is 18.6 Å². The highest BCUT2D eigenvalue weighted by atomic mass is 79.9. The van der Waals surface area contributed by atoms with Crippen LogP contribution in [-0.2, 0) is 10.9 Å². The first-order chi connectivity index (χ1) is 10.7. The van der Waals surface area contributed by atoms with E-state index in [1.165, 1.54) is 4.90 Å². The number of rotatable bonds is 4. The molecule has 5 nitrogen and oxygen atoms in total. The van der Waals surface area contributed by atoms with Gasteiger partial charge in [-0.15, -0.1) is 10.2 Å². The number of carbonyl (C=O) groups excluding carboxylic acids is 1. The standard InChI is InChI=1S/C15H14BrOS.ClHO4/c1-18(14-5-3-2-4-6-14)11-15(17)12-7-9-13(16)10-8-12;2-1(3,4)5/h2-10H,11H2,1H3;(H,2,3,4,5)/q+1;/p-1. The predicted molar refractivity (Wildman–Crippen MR) is 81.3 cm³/mol. The van der Waals surface area contributed by atoms with Gasteiger partial charge in [-0.3, -0.25) is 4.79 Å². The fourth-order valence-electron chi connectivity index (χ4n) is 1.65. The van der Waals surface area contributed by atoms with Crippen LogP contribution in [0.2, 0.25) is 0 Å². The summed E-state index contributed by atoms with van der Waals surface area (Å²) in [5.41, 5.74) is 0.786. The zero-order valence-corrected chi connectivity index (χ0v) is 15.3. The van der Waals surface area contributed by atoms with Gasteiger partial charge < -0.3 is 0 Å². The van der Waals surface area contributed by atoms with Crippen molar-refractivity contribution in [2.75, 3.05) is 12.0 Å². The maximum absolute atomic E-state index is 12.1. The quantitative estimate of drug-likeness (QED) is 0.473. The lowest BCUT2D eigenvalue weighted by molar-refractivity contribution is -2.00. The van der Waals surface area contributed by atoms with E-state index in [2.05, 4.69) is 34.3 Å². The van der Waals surface area contributed by atoms with Crippen LogP contribution in [0, 0.1) is 10.2 Å². The zero-order chi connectivity index (χ0) is 17.5. The highest BCUT2D eigenvalue weighted by molar-refractivity contribution is 9.10. The lowest BCUT2D eigenvalue weighted by atomic mass is 10.2. The molecule has 0 N–H and O–H groups in total. The number of hydrogen-bond acceptors (Lipinski definition) is 5. The molecular weight excluding hydrogens is 408 g/mol. The van der Waals surface area contributed by atoms with Crippen molar-refractivity contribution in [3.63, 3.8) is 0 Å². The average Bonchev–Trinajstić information content (AvgIpc) is 2.47. The topological polar surface area (TPSA) is 109 Å². The monoisotopic (exact) mass is 420 g/mol. The average molecular weight is 422 g/mol. The summed E-state index contributed by atoms with van der Waals surface area (Å²) in [5, 5.41) is 0. The van der Waals surface area contributed by atoms with Crippen LogP contribution in [-0.4, -0.2) is 17.8 Å². The normalized spacial score (nSPS) is 12.1. The molecule has 0 aromatic heterocycles. The fraction of sp³-hybridized carbons (Fsp3) is 0.133. The molecule has 2 aromatic rings. The van der Waals surface area contributed by atoms with Crippen LogP contribution in [0.1, 0.15) is 10.4 Å². The summed E-state index contributed by atoms with van der Waals surface area (Å²) in [6.07, 6.45) is 2.12. The van der Waals surface area contributed by atoms with E-state index in [-0.39, 0.29) is 16.7 Å². The van der Waals surface area contributed by atoms with Crippen LogP contribution < -0.4 is 18.6 Å². The summed E-state index contributed by atoms with van der Waals surface area (Å²) >= 11 is 3.37. The summed E-state index contributed by atoms with van der Waals surface area (Å²) in [6.45, 7) is 0. The number of benzene rings is 2. The molecule has 0 saturated carbocycles. The third-order valence-corrected chi connectivity index (χ3v) is 4.96. The lowest BCUT2D eigenvalue weighted by Gasteiger charge is -2.17. The molecule has 0 bridgehead atoms. The minimum Gasteiger partial charge on any atom is -0.289 e. The molecule has 1 unspecified atom stereocenters. The molecule has 0 amide bonds. The van der Waals surface area contributed by atoms with Crippen molar-refractivity contribution in [3.8, 4) is 0 Å². The smallest absolute Gasteiger partial charge is 0.212 e. The molecule has 2 rings (SSSR count). The van der Waals surface area contributed by atoms with Crippen molar-refractivity contribution in [2.45, 2.75) is 4.90 Å². The molecule has 0 saturated heterocycles. The highest BCUT2D eigenvalue weighted by Crippen LogP contribution is 2.15. The summed E-state index contributed by atoms with van der Waals surface area (Å²) in [7, 11) is -4.98. The van der Waals surface area contributed by atoms with Gasteiger partial charge in [-0.05, 0) is 24.3 Å². The van der Waals surface area contributed by atoms with Gasteiger partial charge >= 0.3 is 0 Å². The molecule has 0 heterocycles. The Hall–Kier alpha value is -0.930. The third kappa shape index (κ3) is 9.07. The van der Waals surface area contributed by atoms with Crippen molar-refractivity contribution in [3.05, 3.63) is 64.6 Å². The minimum absolute atomic E-state index is 0.0306. The van der Waals surface area contributed by atoms with Gasteiger partial charge in [0.15, 0.2) is 10.6 Å². The number of carbonyl (C=O) groups is 1. The molecule has 0 aliphatic rings. The SMILES string of the molecule is C[S+](CC(=O)c1ccc(Br)cc1)c1ccccc1.[O-][Cl+3]([O-])([O-])[O-]. The van der Waals surface area contributed by atoms with Crippen LogP contribution in [0.25, 0.3) is 0 Å². The molecule has 1 atom stereocenters. The van der Waals surface area contributed by atoms with Crippen LogP contribution in [0.15, 0.2) is 64.0 Å². The van der Waals surface area contributed by atoms with E-state index < -0.39 is 10.2 Å². The van der Waals surface area contributed by atoms with E-state index in [9.17, 15) is 4.79 Å². The molecule has 0 fully saturated rings. The van der Waals surface area contributed by atoms with Crippen LogP contribution in [0.4, 0.5) is 0 Å². The second-order valence-corrected chi connectivity index (χ2v) is 8.11. The Labute approximate surface area is 147 Å². The Kier molecular flexibility index (Phi) is 8.21. The number of Topliss-reactive ketones (excluding diaryl/α,β-unsaturated/α-hetero) is 1. The Morgan fingerprint density at radius 3 is 1.96 bits per heavy atom. The van der Waals surface area contributed by atoms with Crippen molar-refractivity contribution in [1.82, 2.24) is 0 Å². The third-order valence-electron chi connectivity index (χ3n) is 2.66. The number of hydrogen-bond donors (Lipinski definition) is 0. The lowest BCUT2D eigenvalue weighted by Crippen LogP contribution is -2.68. The van der Waals surface area contributed by atoms with Gasteiger partial charge in [0.2, 0.25) is 5.78 Å². The number of halogens is 2. The molecule has 8 heteroatoms. The van der Waals surface area contributed by atoms with Crippen LogP contribution in [0.5, 0.6) is 0 Å². The maximum Gasteiger partial charge on any atom is 0.212 e. The first kappa shape index (κ1) is 20.1. The number of ketones is 1. The Morgan fingerprint density at radius 2 is 1.48 bits per heavy atom. The molecule has 2 aromatic carbocycles. The molecule has 0 spiro atoms. The van der Waals surface area contributed by atoms with Gasteiger partial charge in [0.05, 0.1) is 0 Å². The van der Waals surface area contributed by atoms with E-state index >= 15 is 0 Å². The van der Waals surface area contributed by atoms with E-state index in [1.807, 2.05) is 42.5 Å². The van der Waals surface area contributed by atoms with Gasteiger partial charge in [-0.1, -0.05) is 46.3 Å². The Balaban J connectivity index is 0.000000463. The van der Waals surface area contributed by atoms with Crippen LogP contribution >= 0.6 is 15.9 Å². The predicted octanol–water partition coefficient (Wildman–Crippen LogP) is -0.817. The largest absolute Gasteiger partial charge is 0.289 e. The zero-order valence-electron chi connectivity index (χ0n) is 12.1. The summed E-state index contributed by atoms with van der Waals surface area (Å²) < 4.78 is 35.0. The Bertz CT molecular complexity index is 610. The summed E-state index contributed by atoms with van der Waals surface area (Å²) in [6, 6.07) is 17.7. The van der Waals surface area contributed by atoms with E-state index in [0.717, 1.165) is 10.0 Å². The minimum atomic E-state index is -4.94. The second kappa shape index (κ2) is 9.39. The van der Waals surface area contributed by atoms with Gasteiger partial charge in [-0.2, -0.15) is 0 Å². The fourth-order valence-corrected chi connectivity index (χ4v) is 3.26. The van der Waals surface area contributed by atoms with E-state index in [4.69, 9.17) is 18.6 Å². The Morgan fingerprint density at radius 1 is 1.00 bits per heavy atom. The molecule has 124 valence electrons. The van der Waals surface area contributed by atoms with Gasteiger partial charge in [0.25, 0.3) is 0 Å². The maximum atomic E-state index is 12.1.